The third-order valence-electron chi connectivity index (χ3n) is 3.51. The Morgan fingerprint density at radius 3 is 2.57 bits per heavy atom. The Kier molecular flexibility index (Phi) is 4.97. The van der Waals surface area contributed by atoms with Gasteiger partial charge in [-0.3, -0.25) is 0 Å². The van der Waals surface area contributed by atoms with E-state index in [1.54, 1.807) is 6.07 Å². The molecule has 2 aromatic carbocycles. The zero-order chi connectivity index (χ0) is 15.4. The van der Waals surface area contributed by atoms with E-state index in [0.717, 1.165) is 17.9 Å². The van der Waals surface area contributed by atoms with Crippen LogP contribution in [-0.4, -0.2) is 6.54 Å². The van der Waals surface area contributed by atoms with Crippen molar-refractivity contribution in [2.75, 3.05) is 6.54 Å². The molecule has 0 amide bonds. The van der Waals surface area contributed by atoms with Crippen molar-refractivity contribution in [3.63, 3.8) is 0 Å². The van der Waals surface area contributed by atoms with E-state index >= 15 is 0 Å². The second-order valence-corrected chi connectivity index (χ2v) is 5.30. The first-order valence-corrected chi connectivity index (χ1v) is 7.29. The van der Waals surface area contributed by atoms with Crippen LogP contribution in [0, 0.1) is 19.7 Å². The van der Waals surface area contributed by atoms with Gasteiger partial charge in [0.15, 0.2) is 0 Å². The van der Waals surface area contributed by atoms with Gasteiger partial charge in [0.05, 0.1) is 0 Å². The fraction of sp³-hybridized carbons (Fsp3) is 0.333. The maximum atomic E-state index is 14.2. The highest BCUT2D eigenvalue weighted by Crippen LogP contribution is 2.33. The topological polar surface area (TPSA) is 21.3 Å². The Morgan fingerprint density at radius 2 is 1.90 bits per heavy atom. The van der Waals surface area contributed by atoms with Crippen LogP contribution in [0.5, 0.6) is 11.5 Å². The van der Waals surface area contributed by atoms with Crippen molar-refractivity contribution in [2.45, 2.75) is 33.7 Å². The second kappa shape index (κ2) is 6.72. The van der Waals surface area contributed by atoms with Gasteiger partial charge in [0, 0.05) is 11.6 Å². The van der Waals surface area contributed by atoms with E-state index in [9.17, 15) is 4.39 Å². The van der Waals surface area contributed by atoms with Crippen molar-refractivity contribution < 1.29 is 9.13 Å². The van der Waals surface area contributed by atoms with Crippen molar-refractivity contribution in [3.8, 4) is 11.5 Å². The van der Waals surface area contributed by atoms with E-state index in [1.807, 2.05) is 45.9 Å². The predicted octanol–water partition coefficient (Wildman–Crippen LogP) is 4.91. The molecule has 0 saturated heterocycles. The Balaban J connectivity index is 2.37. The molecule has 0 aromatic heterocycles. The summed E-state index contributed by atoms with van der Waals surface area (Å²) in [5.41, 5.74) is 2.79. The molecule has 0 spiro atoms. The molecule has 21 heavy (non-hydrogen) atoms. The summed E-state index contributed by atoms with van der Waals surface area (Å²) in [7, 11) is 0. The minimum absolute atomic E-state index is 0.100. The van der Waals surface area contributed by atoms with Gasteiger partial charge in [0.1, 0.15) is 17.3 Å². The van der Waals surface area contributed by atoms with E-state index in [1.165, 1.54) is 11.6 Å². The minimum Gasteiger partial charge on any atom is -0.457 e. The number of nitrogens with one attached hydrogen (secondary N) is 1. The lowest BCUT2D eigenvalue weighted by molar-refractivity contribution is 0.445. The number of benzene rings is 2. The summed E-state index contributed by atoms with van der Waals surface area (Å²) in [4.78, 5) is 0. The lowest BCUT2D eigenvalue weighted by atomic mass is 10.1. The molecule has 0 fully saturated rings. The van der Waals surface area contributed by atoms with Crippen LogP contribution < -0.4 is 10.1 Å². The van der Waals surface area contributed by atoms with Crippen LogP contribution in [0.4, 0.5) is 4.39 Å². The van der Waals surface area contributed by atoms with Crippen molar-refractivity contribution >= 4 is 0 Å². The smallest absolute Gasteiger partial charge is 0.135 e. The Bertz CT molecular complexity index is 625. The number of rotatable bonds is 5. The van der Waals surface area contributed by atoms with Crippen molar-refractivity contribution in [3.05, 3.63) is 58.9 Å². The minimum atomic E-state index is -0.245. The highest BCUT2D eigenvalue weighted by atomic mass is 19.1. The lowest BCUT2D eigenvalue weighted by Gasteiger charge is -2.19. The van der Waals surface area contributed by atoms with E-state index in [2.05, 4.69) is 11.4 Å². The van der Waals surface area contributed by atoms with Crippen LogP contribution in [0.2, 0.25) is 0 Å². The van der Waals surface area contributed by atoms with Crippen LogP contribution in [0.25, 0.3) is 0 Å². The molecule has 0 aliphatic rings. The summed E-state index contributed by atoms with van der Waals surface area (Å²) in [6, 6.07) is 10.8. The third-order valence-corrected chi connectivity index (χ3v) is 3.51. The molecule has 112 valence electrons. The summed E-state index contributed by atoms with van der Waals surface area (Å²) in [6.07, 6.45) is 0. The molecule has 0 radical (unpaired) electrons. The zero-order valence-corrected chi connectivity index (χ0v) is 13.0. The molecule has 2 aromatic rings. The van der Waals surface area contributed by atoms with Gasteiger partial charge in [-0.1, -0.05) is 30.7 Å². The average molecular weight is 287 g/mol. The van der Waals surface area contributed by atoms with E-state index in [0.29, 0.717) is 11.3 Å². The number of halogens is 1. The van der Waals surface area contributed by atoms with Crippen LogP contribution in [-0.2, 0) is 0 Å². The number of hydrogen-bond acceptors (Lipinski definition) is 2. The first-order chi connectivity index (χ1) is 10.0. The summed E-state index contributed by atoms with van der Waals surface area (Å²) < 4.78 is 20.1. The summed E-state index contributed by atoms with van der Waals surface area (Å²) in [6.45, 7) is 8.75. The van der Waals surface area contributed by atoms with Crippen LogP contribution in [0.3, 0.4) is 0 Å². The summed E-state index contributed by atoms with van der Waals surface area (Å²) in [5.74, 6) is 1.08. The molecule has 1 unspecified atom stereocenters. The molecule has 0 saturated carbocycles. The second-order valence-electron chi connectivity index (χ2n) is 5.30. The van der Waals surface area contributed by atoms with Crippen LogP contribution in [0.1, 0.15) is 36.6 Å². The molecule has 0 aliphatic heterocycles. The Labute approximate surface area is 126 Å². The maximum Gasteiger partial charge on any atom is 0.135 e. The largest absolute Gasteiger partial charge is 0.457 e. The molecule has 2 rings (SSSR count). The zero-order valence-electron chi connectivity index (χ0n) is 13.0. The van der Waals surface area contributed by atoms with Crippen LogP contribution in [0.15, 0.2) is 36.4 Å². The van der Waals surface area contributed by atoms with Gasteiger partial charge in [-0.25, -0.2) is 4.39 Å². The molecule has 1 N–H and O–H groups in total. The molecular weight excluding hydrogens is 265 g/mol. The van der Waals surface area contributed by atoms with Gasteiger partial charge in [-0.05, 0) is 51.1 Å². The predicted molar refractivity (Wildman–Crippen MR) is 84.5 cm³/mol. The third kappa shape index (κ3) is 3.61. The average Bonchev–Trinajstić information content (AvgIpc) is 2.42. The lowest BCUT2D eigenvalue weighted by Crippen LogP contribution is -2.19. The number of aryl methyl sites for hydroxylation is 2. The molecule has 0 aliphatic carbocycles. The number of hydrogen-bond donors (Lipinski definition) is 1. The van der Waals surface area contributed by atoms with Crippen LogP contribution >= 0.6 is 0 Å². The van der Waals surface area contributed by atoms with Gasteiger partial charge in [-0.2, -0.15) is 0 Å². The summed E-state index contributed by atoms with van der Waals surface area (Å²) in [5, 5.41) is 3.23. The molecule has 2 nitrogen and oxygen atoms in total. The maximum absolute atomic E-state index is 14.2. The summed E-state index contributed by atoms with van der Waals surface area (Å²) >= 11 is 0. The monoisotopic (exact) mass is 287 g/mol. The fourth-order valence-corrected chi connectivity index (χ4v) is 2.47. The normalized spacial score (nSPS) is 12.2. The van der Waals surface area contributed by atoms with Crippen molar-refractivity contribution in [1.29, 1.82) is 0 Å². The fourth-order valence-electron chi connectivity index (χ4n) is 2.47. The highest BCUT2D eigenvalue weighted by molar-refractivity contribution is 5.43. The van der Waals surface area contributed by atoms with Gasteiger partial charge in [0.25, 0.3) is 0 Å². The standard InChI is InChI=1S/C18H22FNO/c1-5-20-14(4)18-15(19)7-6-8-17(18)21-16-10-9-12(2)11-13(16)3/h6-11,14,20H,5H2,1-4H3. The van der Waals surface area contributed by atoms with Gasteiger partial charge < -0.3 is 10.1 Å². The Hall–Kier alpha value is -1.87. The molecular formula is C18H22FNO. The number of ether oxygens (including phenoxy) is 1. The molecule has 0 heterocycles. The van der Waals surface area contributed by atoms with Crippen molar-refractivity contribution in [2.24, 2.45) is 0 Å². The molecule has 0 bridgehead atoms. The molecule has 1 atom stereocenters. The van der Waals surface area contributed by atoms with Gasteiger partial charge >= 0.3 is 0 Å². The van der Waals surface area contributed by atoms with E-state index in [-0.39, 0.29) is 11.9 Å². The van der Waals surface area contributed by atoms with E-state index in [4.69, 9.17) is 4.74 Å². The van der Waals surface area contributed by atoms with E-state index < -0.39 is 0 Å². The first-order valence-electron chi connectivity index (χ1n) is 7.29. The quantitative estimate of drug-likeness (QED) is 0.844. The molecule has 3 heteroatoms. The highest BCUT2D eigenvalue weighted by Gasteiger charge is 2.17. The SMILES string of the molecule is CCNC(C)c1c(F)cccc1Oc1ccc(C)cc1C. The van der Waals surface area contributed by atoms with Gasteiger partial charge in [-0.15, -0.1) is 0 Å². The van der Waals surface area contributed by atoms with Crippen molar-refractivity contribution in [1.82, 2.24) is 5.32 Å². The first kappa shape index (κ1) is 15.5. The Morgan fingerprint density at radius 1 is 1.14 bits per heavy atom. The van der Waals surface area contributed by atoms with Gasteiger partial charge in [0.2, 0.25) is 0 Å².